The lowest BCUT2D eigenvalue weighted by Crippen LogP contribution is -2.24. The summed E-state index contributed by atoms with van der Waals surface area (Å²) >= 11 is 2.28. The Labute approximate surface area is 128 Å². The summed E-state index contributed by atoms with van der Waals surface area (Å²) in [7, 11) is 0. The molecule has 0 bridgehead atoms. The molecule has 0 saturated carbocycles. The molecule has 0 fully saturated rings. The van der Waals surface area contributed by atoms with Gasteiger partial charge in [-0.1, -0.05) is 12.1 Å². The summed E-state index contributed by atoms with van der Waals surface area (Å²) in [6, 6.07) is 8.37. The van der Waals surface area contributed by atoms with E-state index >= 15 is 0 Å². The number of carbonyl (C=O) groups is 2. The van der Waals surface area contributed by atoms with Gasteiger partial charge in [0.1, 0.15) is 5.78 Å². The molecular weight excluding hydrogens is 353 g/mol. The first-order valence-corrected chi connectivity index (χ1v) is 7.66. The van der Waals surface area contributed by atoms with Crippen LogP contribution in [0.4, 0.5) is 0 Å². The van der Waals surface area contributed by atoms with Crippen LogP contribution in [0.1, 0.15) is 38.2 Å². The van der Waals surface area contributed by atoms with Gasteiger partial charge in [-0.15, -0.1) is 0 Å². The van der Waals surface area contributed by atoms with Crippen molar-refractivity contribution in [1.29, 1.82) is 0 Å². The first-order valence-electron chi connectivity index (χ1n) is 6.58. The molecule has 1 aromatic rings. The Morgan fingerprint density at radius 2 is 1.79 bits per heavy atom. The van der Waals surface area contributed by atoms with Gasteiger partial charge in [0, 0.05) is 23.0 Å². The van der Waals surface area contributed by atoms with Crippen LogP contribution in [0.3, 0.4) is 0 Å². The number of carbonyl (C=O) groups excluding carboxylic acids is 2. The van der Waals surface area contributed by atoms with Gasteiger partial charge >= 0.3 is 0 Å². The third-order valence-corrected chi connectivity index (χ3v) is 3.53. The fraction of sp³-hybridized carbons (Fsp3) is 0.467. The smallest absolute Gasteiger partial charge is 0.220 e. The number of ketones is 1. The van der Waals surface area contributed by atoms with Gasteiger partial charge in [0.25, 0.3) is 0 Å². The van der Waals surface area contributed by atoms with Crippen molar-refractivity contribution in [1.82, 2.24) is 5.32 Å². The number of benzene rings is 1. The highest BCUT2D eigenvalue weighted by atomic mass is 127. The van der Waals surface area contributed by atoms with Crippen LogP contribution in [0.5, 0.6) is 0 Å². The van der Waals surface area contributed by atoms with Crippen LogP contribution in [0.2, 0.25) is 0 Å². The number of aryl methyl sites for hydroxylation is 1. The molecule has 0 unspecified atom stereocenters. The molecule has 0 atom stereocenters. The molecule has 0 spiro atoms. The topological polar surface area (TPSA) is 46.2 Å². The molecule has 4 heteroatoms. The standard InChI is InChI=1S/C15H20INO2/c1-12(18)4-3-11-17-15(19)6-2-5-13-7-9-14(16)10-8-13/h7-10H,2-6,11H2,1H3,(H,17,19). The second-order valence-corrected chi connectivity index (χ2v) is 5.88. The van der Waals surface area contributed by atoms with E-state index in [2.05, 4.69) is 52.2 Å². The molecule has 0 aliphatic rings. The number of halogens is 1. The number of amides is 1. The van der Waals surface area contributed by atoms with Crippen molar-refractivity contribution in [3.05, 3.63) is 33.4 Å². The average molecular weight is 373 g/mol. The predicted octanol–water partition coefficient (Wildman–Crippen LogP) is 3.10. The van der Waals surface area contributed by atoms with Crippen LogP contribution in [0, 0.1) is 3.57 Å². The summed E-state index contributed by atoms with van der Waals surface area (Å²) in [5.74, 6) is 0.252. The zero-order valence-electron chi connectivity index (χ0n) is 11.2. The van der Waals surface area contributed by atoms with E-state index in [4.69, 9.17) is 0 Å². The summed E-state index contributed by atoms with van der Waals surface area (Å²) in [6.45, 7) is 2.17. The van der Waals surface area contributed by atoms with E-state index in [0.29, 0.717) is 19.4 Å². The van der Waals surface area contributed by atoms with Crippen molar-refractivity contribution in [3.8, 4) is 0 Å². The van der Waals surface area contributed by atoms with Gasteiger partial charge in [0.05, 0.1) is 0 Å². The Hall–Kier alpha value is -0.910. The molecule has 1 rings (SSSR count). The molecule has 104 valence electrons. The van der Waals surface area contributed by atoms with Crippen LogP contribution in [0.15, 0.2) is 24.3 Å². The monoisotopic (exact) mass is 373 g/mol. The van der Waals surface area contributed by atoms with E-state index in [1.165, 1.54) is 9.13 Å². The number of rotatable bonds is 8. The first-order chi connectivity index (χ1) is 9.08. The van der Waals surface area contributed by atoms with E-state index in [-0.39, 0.29) is 11.7 Å². The van der Waals surface area contributed by atoms with Crippen LogP contribution in [-0.4, -0.2) is 18.2 Å². The first kappa shape index (κ1) is 16.1. The van der Waals surface area contributed by atoms with E-state index in [1.807, 2.05) is 0 Å². The van der Waals surface area contributed by atoms with Gasteiger partial charge < -0.3 is 10.1 Å². The van der Waals surface area contributed by atoms with Crippen molar-refractivity contribution in [2.75, 3.05) is 6.54 Å². The lowest BCUT2D eigenvalue weighted by atomic mass is 10.1. The largest absolute Gasteiger partial charge is 0.356 e. The van der Waals surface area contributed by atoms with Crippen LogP contribution >= 0.6 is 22.6 Å². The minimum Gasteiger partial charge on any atom is -0.356 e. The summed E-state index contributed by atoms with van der Waals surface area (Å²) in [4.78, 5) is 22.3. The summed E-state index contributed by atoms with van der Waals surface area (Å²) in [5, 5.41) is 2.84. The number of Topliss-reactive ketones (excluding diaryl/α,β-unsaturated/α-hetero) is 1. The maximum atomic E-state index is 11.5. The minimum absolute atomic E-state index is 0.0778. The second kappa shape index (κ2) is 9.07. The normalized spacial score (nSPS) is 10.2. The SMILES string of the molecule is CC(=O)CCCNC(=O)CCCc1ccc(I)cc1. The highest BCUT2D eigenvalue weighted by Gasteiger charge is 2.02. The van der Waals surface area contributed by atoms with E-state index in [9.17, 15) is 9.59 Å². The van der Waals surface area contributed by atoms with E-state index < -0.39 is 0 Å². The number of hydrogen-bond donors (Lipinski definition) is 1. The molecule has 0 aliphatic carbocycles. The minimum atomic E-state index is 0.0778. The molecule has 3 nitrogen and oxygen atoms in total. The molecule has 0 saturated heterocycles. The van der Waals surface area contributed by atoms with Crippen LogP contribution in [-0.2, 0) is 16.0 Å². The molecule has 1 N–H and O–H groups in total. The summed E-state index contributed by atoms with van der Waals surface area (Å²) < 4.78 is 1.23. The highest BCUT2D eigenvalue weighted by Crippen LogP contribution is 2.09. The summed E-state index contributed by atoms with van der Waals surface area (Å²) in [5.41, 5.74) is 1.27. The third kappa shape index (κ3) is 7.97. The maximum absolute atomic E-state index is 11.5. The fourth-order valence-electron chi connectivity index (χ4n) is 1.76. The molecule has 1 aromatic carbocycles. The Kier molecular flexibility index (Phi) is 7.70. The van der Waals surface area contributed by atoms with Gasteiger partial charge in [0.15, 0.2) is 0 Å². The van der Waals surface area contributed by atoms with Crippen molar-refractivity contribution >= 4 is 34.3 Å². The Morgan fingerprint density at radius 3 is 2.42 bits per heavy atom. The quantitative estimate of drug-likeness (QED) is 0.562. The molecule has 1 amide bonds. The predicted molar refractivity (Wildman–Crippen MR) is 85.0 cm³/mol. The molecule has 0 aromatic heterocycles. The zero-order chi connectivity index (χ0) is 14.1. The number of hydrogen-bond acceptors (Lipinski definition) is 2. The molecule has 0 heterocycles. The highest BCUT2D eigenvalue weighted by molar-refractivity contribution is 14.1. The molecule has 0 radical (unpaired) electrons. The zero-order valence-corrected chi connectivity index (χ0v) is 13.4. The summed E-state index contributed by atoms with van der Waals surface area (Å²) in [6.07, 6.45) is 3.62. The lowest BCUT2D eigenvalue weighted by Gasteiger charge is -2.05. The van der Waals surface area contributed by atoms with Gasteiger partial charge in [-0.25, -0.2) is 0 Å². The third-order valence-electron chi connectivity index (χ3n) is 2.81. The van der Waals surface area contributed by atoms with E-state index in [0.717, 1.165) is 19.3 Å². The fourth-order valence-corrected chi connectivity index (χ4v) is 2.12. The van der Waals surface area contributed by atoms with Crippen LogP contribution < -0.4 is 5.32 Å². The molecular formula is C15H20INO2. The average Bonchev–Trinajstić information content (AvgIpc) is 2.37. The molecule has 19 heavy (non-hydrogen) atoms. The van der Waals surface area contributed by atoms with Crippen molar-refractivity contribution in [2.24, 2.45) is 0 Å². The lowest BCUT2D eigenvalue weighted by molar-refractivity contribution is -0.121. The number of nitrogens with one attached hydrogen (secondary N) is 1. The van der Waals surface area contributed by atoms with Crippen molar-refractivity contribution in [2.45, 2.75) is 39.0 Å². The second-order valence-electron chi connectivity index (χ2n) is 4.64. The Bertz CT molecular complexity index is 415. The Balaban J connectivity index is 2.10. The van der Waals surface area contributed by atoms with E-state index in [1.54, 1.807) is 6.92 Å². The Morgan fingerprint density at radius 1 is 1.11 bits per heavy atom. The molecule has 0 aliphatic heterocycles. The van der Waals surface area contributed by atoms with Crippen LogP contribution in [0.25, 0.3) is 0 Å². The van der Waals surface area contributed by atoms with Crippen molar-refractivity contribution < 1.29 is 9.59 Å². The van der Waals surface area contributed by atoms with Gasteiger partial charge in [-0.3, -0.25) is 4.79 Å². The van der Waals surface area contributed by atoms with Gasteiger partial charge in [-0.2, -0.15) is 0 Å². The van der Waals surface area contributed by atoms with Gasteiger partial charge in [0.2, 0.25) is 5.91 Å². The van der Waals surface area contributed by atoms with Crippen molar-refractivity contribution in [3.63, 3.8) is 0 Å². The van der Waals surface area contributed by atoms with Gasteiger partial charge in [-0.05, 0) is 66.5 Å². The maximum Gasteiger partial charge on any atom is 0.220 e.